The third-order valence-corrected chi connectivity index (χ3v) is 5.66. The van der Waals surface area contributed by atoms with E-state index in [1.54, 1.807) is 11.8 Å². The zero-order chi connectivity index (χ0) is 15.4. The molecule has 1 heterocycles. The fraction of sp³-hybridized carbons (Fsp3) is 0.556. The highest BCUT2D eigenvalue weighted by Gasteiger charge is 2.18. The van der Waals surface area contributed by atoms with Crippen molar-refractivity contribution in [1.82, 2.24) is 14.8 Å². The second kappa shape index (κ2) is 7.32. The zero-order valence-corrected chi connectivity index (χ0v) is 14.4. The molecule has 0 radical (unpaired) electrons. The number of benzene rings is 1. The summed E-state index contributed by atoms with van der Waals surface area (Å²) >= 11 is 1.78. The Morgan fingerprint density at radius 3 is 2.77 bits per heavy atom. The number of hydrogen-bond acceptors (Lipinski definition) is 3. The van der Waals surface area contributed by atoms with Crippen molar-refractivity contribution in [2.75, 3.05) is 0 Å². The SMILES string of the molecule is Cc1cccc(CSc2nnc(CC3CCCCC3)n2C)c1. The van der Waals surface area contributed by atoms with E-state index >= 15 is 0 Å². The molecule has 0 atom stereocenters. The minimum absolute atomic E-state index is 0.811. The van der Waals surface area contributed by atoms with E-state index in [4.69, 9.17) is 0 Å². The van der Waals surface area contributed by atoms with Crippen molar-refractivity contribution in [3.05, 3.63) is 41.2 Å². The predicted molar refractivity (Wildman–Crippen MR) is 92.0 cm³/mol. The van der Waals surface area contributed by atoms with Crippen molar-refractivity contribution < 1.29 is 0 Å². The molecule has 3 nitrogen and oxygen atoms in total. The van der Waals surface area contributed by atoms with Gasteiger partial charge in [0.2, 0.25) is 0 Å². The van der Waals surface area contributed by atoms with Crippen molar-refractivity contribution in [3.63, 3.8) is 0 Å². The molecular formula is C18H25N3S. The quantitative estimate of drug-likeness (QED) is 0.759. The Balaban J connectivity index is 1.60. The highest BCUT2D eigenvalue weighted by atomic mass is 32.2. The smallest absolute Gasteiger partial charge is 0.191 e. The van der Waals surface area contributed by atoms with Gasteiger partial charge in [0.1, 0.15) is 5.82 Å². The van der Waals surface area contributed by atoms with Crippen molar-refractivity contribution in [2.24, 2.45) is 13.0 Å². The van der Waals surface area contributed by atoms with E-state index < -0.39 is 0 Å². The van der Waals surface area contributed by atoms with Gasteiger partial charge in [-0.2, -0.15) is 0 Å². The first kappa shape index (κ1) is 15.6. The second-order valence-electron chi connectivity index (χ2n) is 6.44. The number of aryl methyl sites for hydroxylation is 1. The molecule has 1 aliphatic carbocycles. The molecule has 0 N–H and O–H groups in total. The van der Waals surface area contributed by atoms with Gasteiger partial charge in [-0.05, 0) is 18.4 Å². The van der Waals surface area contributed by atoms with Crippen LogP contribution in [0.15, 0.2) is 29.4 Å². The Labute approximate surface area is 137 Å². The summed E-state index contributed by atoms with van der Waals surface area (Å²) < 4.78 is 2.19. The lowest BCUT2D eigenvalue weighted by atomic mass is 9.87. The Morgan fingerprint density at radius 1 is 1.18 bits per heavy atom. The maximum atomic E-state index is 4.43. The molecule has 4 heteroatoms. The Bertz CT molecular complexity index is 615. The summed E-state index contributed by atoms with van der Waals surface area (Å²) in [5.74, 6) is 2.92. The maximum Gasteiger partial charge on any atom is 0.191 e. The van der Waals surface area contributed by atoms with Gasteiger partial charge < -0.3 is 4.57 Å². The van der Waals surface area contributed by atoms with Gasteiger partial charge in [0.05, 0.1) is 0 Å². The van der Waals surface area contributed by atoms with Gasteiger partial charge in [0.15, 0.2) is 5.16 Å². The number of aromatic nitrogens is 3. The fourth-order valence-corrected chi connectivity index (χ4v) is 4.12. The van der Waals surface area contributed by atoms with Crippen LogP contribution in [0.2, 0.25) is 0 Å². The lowest BCUT2D eigenvalue weighted by molar-refractivity contribution is 0.348. The van der Waals surface area contributed by atoms with E-state index in [1.807, 2.05) is 0 Å². The highest BCUT2D eigenvalue weighted by molar-refractivity contribution is 7.98. The first-order valence-electron chi connectivity index (χ1n) is 8.29. The van der Waals surface area contributed by atoms with Gasteiger partial charge in [-0.25, -0.2) is 0 Å². The molecule has 1 aromatic carbocycles. The molecule has 1 fully saturated rings. The van der Waals surface area contributed by atoms with Gasteiger partial charge in [-0.1, -0.05) is 73.7 Å². The molecule has 1 aliphatic rings. The van der Waals surface area contributed by atoms with Gasteiger partial charge in [-0.3, -0.25) is 0 Å². The molecule has 1 aromatic heterocycles. The van der Waals surface area contributed by atoms with Crippen LogP contribution in [0.3, 0.4) is 0 Å². The summed E-state index contributed by atoms with van der Waals surface area (Å²) in [4.78, 5) is 0. The van der Waals surface area contributed by atoms with Gasteiger partial charge in [0.25, 0.3) is 0 Å². The van der Waals surface area contributed by atoms with E-state index in [1.165, 1.54) is 43.2 Å². The number of hydrogen-bond donors (Lipinski definition) is 0. The van der Waals surface area contributed by atoms with Crippen LogP contribution in [-0.4, -0.2) is 14.8 Å². The third kappa shape index (κ3) is 3.92. The molecule has 0 saturated heterocycles. The molecule has 22 heavy (non-hydrogen) atoms. The summed E-state index contributed by atoms with van der Waals surface area (Å²) in [7, 11) is 2.11. The molecule has 0 amide bonds. The Morgan fingerprint density at radius 2 is 2.00 bits per heavy atom. The maximum absolute atomic E-state index is 4.43. The van der Waals surface area contributed by atoms with Crippen LogP contribution in [-0.2, 0) is 19.2 Å². The molecular weight excluding hydrogens is 290 g/mol. The molecule has 1 saturated carbocycles. The van der Waals surface area contributed by atoms with Crippen molar-refractivity contribution in [3.8, 4) is 0 Å². The molecule has 3 rings (SSSR count). The fourth-order valence-electron chi connectivity index (χ4n) is 3.25. The van der Waals surface area contributed by atoms with Crippen LogP contribution in [0.4, 0.5) is 0 Å². The van der Waals surface area contributed by atoms with Crippen LogP contribution in [0.25, 0.3) is 0 Å². The molecule has 0 bridgehead atoms. The molecule has 2 aromatic rings. The monoisotopic (exact) mass is 315 g/mol. The molecule has 0 unspecified atom stereocenters. The first-order chi connectivity index (χ1) is 10.7. The van der Waals surface area contributed by atoms with Gasteiger partial charge in [0, 0.05) is 19.2 Å². The van der Waals surface area contributed by atoms with Crippen molar-refractivity contribution >= 4 is 11.8 Å². The molecule has 0 spiro atoms. The van der Waals surface area contributed by atoms with Crippen LogP contribution in [0.5, 0.6) is 0 Å². The number of rotatable bonds is 5. The van der Waals surface area contributed by atoms with Crippen LogP contribution < -0.4 is 0 Å². The summed E-state index contributed by atoms with van der Waals surface area (Å²) in [5.41, 5.74) is 2.66. The Kier molecular flexibility index (Phi) is 5.19. The van der Waals surface area contributed by atoms with E-state index in [2.05, 4.69) is 53.0 Å². The first-order valence-corrected chi connectivity index (χ1v) is 9.27. The van der Waals surface area contributed by atoms with E-state index in [0.29, 0.717) is 0 Å². The molecule has 118 valence electrons. The summed E-state index contributed by atoms with van der Waals surface area (Å²) in [6, 6.07) is 8.68. The second-order valence-corrected chi connectivity index (χ2v) is 7.39. The summed E-state index contributed by atoms with van der Waals surface area (Å²) in [6.07, 6.45) is 7.99. The standard InChI is InChI=1S/C18H25N3S/c1-14-7-6-10-16(11-14)13-22-18-20-19-17(21(18)2)12-15-8-4-3-5-9-15/h6-7,10-11,15H,3-5,8-9,12-13H2,1-2H3. The third-order valence-electron chi connectivity index (χ3n) is 4.57. The minimum Gasteiger partial charge on any atom is -0.309 e. The van der Waals surface area contributed by atoms with Gasteiger partial charge in [-0.15, -0.1) is 10.2 Å². The average molecular weight is 315 g/mol. The topological polar surface area (TPSA) is 30.7 Å². The van der Waals surface area contributed by atoms with E-state index in [9.17, 15) is 0 Å². The highest BCUT2D eigenvalue weighted by Crippen LogP contribution is 2.28. The van der Waals surface area contributed by atoms with Crippen molar-refractivity contribution in [2.45, 2.75) is 56.4 Å². The van der Waals surface area contributed by atoms with Crippen LogP contribution in [0.1, 0.15) is 49.1 Å². The van der Waals surface area contributed by atoms with Crippen LogP contribution >= 0.6 is 11.8 Å². The summed E-state index contributed by atoms with van der Waals surface area (Å²) in [6.45, 7) is 2.14. The van der Waals surface area contributed by atoms with E-state index in [0.717, 1.165) is 29.1 Å². The Hall–Kier alpha value is -1.29. The number of nitrogens with zero attached hydrogens (tertiary/aromatic N) is 3. The van der Waals surface area contributed by atoms with Crippen LogP contribution in [0, 0.1) is 12.8 Å². The van der Waals surface area contributed by atoms with E-state index in [-0.39, 0.29) is 0 Å². The zero-order valence-electron chi connectivity index (χ0n) is 13.6. The lowest BCUT2D eigenvalue weighted by Gasteiger charge is -2.20. The average Bonchev–Trinajstić information content (AvgIpc) is 2.87. The largest absolute Gasteiger partial charge is 0.309 e. The van der Waals surface area contributed by atoms with Gasteiger partial charge >= 0.3 is 0 Å². The molecule has 0 aliphatic heterocycles. The normalized spacial score (nSPS) is 16.1. The van der Waals surface area contributed by atoms with Crippen molar-refractivity contribution in [1.29, 1.82) is 0 Å². The number of thioether (sulfide) groups is 1. The predicted octanol–water partition coefficient (Wildman–Crippen LogP) is 4.54. The summed E-state index contributed by atoms with van der Waals surface area (Å²) in [5, 5.41) is 9.86. The lowest BCUT2D eigenvalue weighted by Crippen LogP contribution is -2.12. The minimum atomic E-state index is 0.811.